The van der Waals surface area contributed by atoms with Crippen LogP contribution in [0.2, 0.25) is 5.02 Å². The molecule has 17 heavy (non-hydrogen) atoms. The Bertz CT molecular complexity index is 475. The molecule has 2 aromatic rings. The van der Waals surface area contributed by atoms with E-state index in [0.29, 0.717) is 0 Å². The highest BCUT2D eigenvalue weighted by Crippen LogP contribution is 2.29. The number of hydrogen-bond donors (Lipinski definition) is 1. The Kier molecular flexibility index (Phi) is 4.21. The standard InChI is InChI=1S/C14H16ClNS/c1-3-12-8-9-13(17-12)14(16-2)10-4-6-11(15)7-5-10/h4-9,14,16H,3H2,1-2H3. The highest BCUT2D eigenvalue weighted by Gasteiger charge is 2.13. The molecule has 1 unspecified atom stereocenters. The van der Waals surface area contributed by atoms with E-state index in [4.69, 9.17) is 11.6 Å². The summed E-state index contributed by atoms with van der Waals surface area (Å²) >= 11 is 7.78. The van der Waals surface area contributed by atoms with Crippen molar-refractivity contribution in [3.05, 3.63) is 56.7 Å². The van der Waals surface area contributed by atoms with Gasteiger partial charge in [0.1, 0.15) is 0 Å². The zero-order valence-corrected chi connectivity index (χ0v) is 11.6. The summed E-state index contributed by atoms with van der Waals surface area (Å²) in [7, 11) is 1.99. The van der Waals surface area contributed by atoms with Gasteiger partial charge in [0.2, 0.25) is 0 Å². The summed E-state index contributed by atoms with van der Waals surface area (Å²) in [6.45, 7) is 2.19. The lowest BCUT2D eigenvalue weighted by molar-refractivity contribution is 0.704. The Morgan fingerprint density at radius 3 is 2.41 bits per heavy atom. The van der Waals surface area contributed by atoms with Crippen molar-refractivity contribution in [1.82, 2.24) is 5.32 Å². The van der Waals surface area contributed by atoms with Crippen molar-refractivity contribution in [3.8, 4) is 0 Å². The number of aryl methyl sites for hydroxylation is 1. The number of thiophene rings is 1. The third-order valence-electron chi connectivity index (χ3n) is 2.81. The van der Waals surface area contributed by atoms with Crippen LogP contribution >= 0.6 is 22.9 Å². The average molecular weight is 266 g/mol. The van der Waals surface area contributed by atoms with Gasteiger partial charge in [0.25, 0.3) is 0 Å². The van der Waals surface area contributed by atoms with Crippen molar-refractivity contribution in [1.29, 1.82) is 0 Å². The average Bonchev–Trinajstić information content (AvgIpc) is 2.81. The zero-order valence-electron chi connectivity index (χ0n) is 10.0. The van der Waals surface area contributed by atoms with Crippen LogP contribution < -0.4 is 5.32 Å². The van der Waals surface area contributed by atoms with Crippen molar-refractivity contribution in [2.24, 2.45) is 0 Å². The number of rotatable bonds is 4. The normalized spacial score (nSPS) is 12.6. The van der Waals surface area contributed by atoms with Crippen LogP contribution in [0.15, 0.2) is 36.4 Å². The Morgan fingerprint density at radius 2 is 1.88 bits per heavy atom. The fourth-order valence-electron chi connectivity index (χ4n) is 1.87. The number of nitrogens with one attached hydrogen (secondary N) is 1. The van der Waals surface area contributed by atoms with Gasteiger partial charge in [0, 0.05) is 14.8 Å². The summed E-state index contributed by atoms with van der Waals surface area (Å²) in [6.07, 6.45) is 1.10. The van der Waals surface area contributed by atoms with Crippen LogP contribution in [0.1, 0.15) is 28.3 Å². The molecule has 0 saturated heterocycles. The van der Waals surface area contributed by atoms with E-state index in [-0.39, 0.29) is 6.04 Å². The largest absolute Gasteiger partial charge is 0.309 e. The van der Waals surface area contributed by atoms with Gasteiger partial charge in [0.15, 0.2) is 0 Å². The Morgan fingerprint density at radius 1 is 1.18 bits per heavy atom. The van der Waals surface area contributed by atoms with Gasteiger partial charge >= 0.3 is 0 Å². The summed E-state index contributed by atoms with van der Waals surface area (Å²) in [5.41, 5.74) is 1.25. The summed E-state index contributed by atoms with van der Waals surface area (Å²) in [5.74, 6) is 0. The molecule has 1 heterocycles. The quantitative estimate of drug-likeness (QED) is 0.870. The molecular weight excluding hydrogens is 250 g/mol. The SMILES string of the molecule is CCc1ccc(C(NC)c2ccc(Cl)cc2)s1. The number of benzene rings is 1. The Balaban J connectivity index is 2.29. The first-order chi connectivity index (χ1) is 8.24. The van der Waals surface area contributed by atoms with E-state index in [0.717, 1.165) is 11.4 Å². The van der Waals surface area contributed by atoms with Gasteiger partial charge in [-0.15, -0.1) is 11.3 Å². The van der Waals surface area contributed by atoms with E-state index >= 15 is 0 Å². The minimum atomic E-state index is 0.262. The van der Waals surface area contributed by atoms with Gasteiger partial charge < -0.3 is 5.32 Å². The molecule has 1 aromatic heterocycles. The van der Waals surface area contributed by atoms with E-state index in [1.807, 2.05) is 30.5 Å². The molecule has 0 spiro atoms. The van der Waals surface area contributed by atoms with Gasteiger partial charge in [-0.2, -0.15) is 0 Å². The molecule has 2 rings (SSSR count). The lowest BCUT2D eigenvalue weighted by atomic mass is 10.1. The first-order valence-electron chi connectivity index (χ1n) is 5.76. The molecule has 0 aliphatic carbocycles. The first kappa shape index (κ1) is 12.6. The number of hydrogen-bond acceptors (Lipinski definition) is 2. The van der Waals surface area contributed by atoms with Crippen LogP contribution in [-0.4, -0.2) is 7.05 Å². The molecule has 3 heteroatoms. The van der Waals surface area contributed by atoms with Crippen molar-refractivity contribution in [3.63, 3.8) is 0 Å². The van der Waals surface area contributed by atoms with Crippen LogP contribution in [0.25, 0.3) is 0 Å². The maximum Gasteiger partial charge on any atom is 0.0668 e. The van der Waals surface area contributed by atoms with E-state index in [2.05, 4.69) is 36.5 Å². The summed E-state index contributed by atoms with van der Waals surface area (Å²) < 4.78 is 0. The molecule has 1 aromatic carbocycles. The van der Waals surface area contributed by atoms with Crippen molar-refractivity contribution >= 4 is 22.9 Å². The second-order valence-electron chi connectivity index (χ2n) is 3.93. The van der Waals surface area contributed by atoms with E-state index in [1.54, 1.807) is 0 Å². The third kappa shape index (κ3) is 2.89. The molecule has 0 fully saturated rings. The van der Waals surface area contributed by atoms with Crippen LogP contribution in [0.3, 0.4) is 0 Å². The van der Waals surface area contributed by atoms with Crippen LogP contribution in [-0.2, 0) is 6.42 Å². The Hall–Kier alpha value is -0.830. The molecule has 0 bridgehead atoms. The molecule has 1 atom stereocenters. The zero-order chi connectivity index (χ0) is 12.3. The minimum Gasteiger partial charge on any atom is -0.309 e. The fraction of sp³-hybridized carbons (Fsp3) is 0.286. The molecule has 0 amide bonds. The lowest BCUT2D eigenvalue weighted by Gasteiger charge is -2.15. The second kappa shape index (κ2) is 5.67. The molecule has 0 aliphatic heterocycles. The predicted molar refractivity (Wildman–Crippen MR) is 76.1 cm³/mol. The van der Waals surface area contributed by atoms with Crippen LogP contribution in [0, 0.1) is 0 Å². The van der Waals surface area contributed by atoms with Gasteiger partial charge in [0.05, 0.1) is 6.04 Å². The Labute approximate surface area is 111 Å². The third-order valence-corrected chi connectivity index (χ3v) is 4.35. The monoisotopic (exact) mass is 265 g/mol. The minimum absolute atomic E-state index is 0.262. The summed E-state index contributed by atoms with van der Waals surface area (Å²) in [4.78, 5) is 2.78. The molecule has 0 saturated carbocycles. The molecule has 0 radical (unpaired) electrons. The topological polar surface area (TPSA) is 12.0 Å². The smallest absolute Gasteiger partial charge is 0.0668 e. The highest BCUT2D eigenvalue weighted by atomic mass is 35.5. The predicted octanol–water partition coefficient (Wildman–Crippen LogP) is 4.27. The van der Waals surface area contributed by atoms with Crippen molar-refractivity contribution in [2.45, 2.75) is 19.4 Å². The van der Waals surface area contributed by atoms with Crippen LogP contribution in [0.4, 0.5) is 0 Å². The first-order valence-corrected chi connectivity index (χ1v) is 6.95. The van der Waals surface area contributed by atoms with Crippen molar-refractivity contribution in [2.75, 3.05) is 7.05 Å². The van der Waals surface area contributed by atoms with Gasteiger partial charge in [-0.3, -0.25) is 0 Å². The molecule has 90 valence electrons. The summed E-state index contributed by atoms with van der Waals surface area (Å²) in [5, 5.41) is 4.14. The molecular formula is C14H16ClNS. The molecule has 0 aliphatic rings. The van der Waals surface area contributed by atoms with Gasteiger partial charge in [-0.1, -0.05) is 30.7 Å². The van der Waals surface area contributed by atoms with Crippen molar-refractivity contribution < 1.29 is 0 Å². The lowest BCUT2D eigenvalue weighted by Crippen LogP contribution is -2.16. The van der Waals surface area contributed by atoms with Gasteiger partial charge in [-0.25, -0.2) is 0 Å². The maximum atomic E-state index is 5.91. The molecule has 1 N–H and O–H groups in total. The summed E-state index contributed by atoms with van der Waals surface area (Å²) in [6, 6.07) is 12.7. The van der Waals surface area contributed by atoms with Crippen LogP contribution in [0.5, 0.6) is 0 Å². The van der Waals surface area contributed by atoms with E-state index in [1.165, 1.54) is 15.3 Å². The second-order valence-corrected chi connectivity index (χ2v) is 5.57. The van der Waals surface area contributed by atoms with Gasteiger partial charge in [-0.05, 0) is 43.3 Å². The van der Waals surface area contributed by atoms with E-state index in [9.17, 15) is 0 Å². The fourth-order valence-corrected chi connectivity index (χ4v) is 3.09. The highest BCUT2D eigenvalue weighted by molar-refractivity contribution is 7.12. The van der Waals surface area contributed by atoms with E-state index < -0.39 is 0 Å². The molecule has 1 nitrogen and oxygen atoms in total. The number of halogens is 1. The maximum absolute atomic E-state index is 5.91.